The van der Waals surface area contributed by atoms with Gasteiger partial charge in [0.15, 0.2) is 0 Å². The van der Waals surface area contributed by atoms with E-state index in [-0.39, 0.29) is 21.7 Å². The Balaban J connectivity index is 1.22. The van der Waals surface area contributed by atoms with Crippen molar-refractivity contribution in [2.45, 2.75) is 108 Å². The Morgan fingerprint density at radius 2 is 1.09 bits per heavy atom. The predicted molar refractivity (Wildman–Crippen MR) is 218 cm³/mol. The summed E-state index contributed by atoms with van der Waals surface area (Å²) in [6, 6.07) is 39.8. The second kappa shape index (κ2) is 10.7. The highest BCUT2D eigenvalue weighted by Gasteiger charge is 2.62. The van der Waals surface area contributed by atoms with Crippen molar-refractivity contribution in [3.63, 3.8) is 0 Å². The van der Waals surface area contributed by atoms with E-state index >= 15 is 0 Å². The van der Waals surface area contributed by atoms with Gasteiger partial charge in [-0.25, -0.2) is 0 Å². The van der Waals surface area contributed by atoms with Crippen LogP contribution in [0.4, 0.5) is 17.1 Å². The van der Waals surface area contributed by atoms with Gasteiger partial charge in [-0.05, 0) is 149 Å². The summed E-state index contributed by atoms with van der Waals surface area (Å²) < 4.78 is 7.08. The van der Waals surface area contributed by atoms with Gasteiger partial charge >= 0.3 is 0 Å². The molecule has 268 valence electrons. The molecule has 0 atom stereocenters. The van der Waals surface area contributed by atoms with Gasteiger partial charge in [0.25, 0.3) is 0 Å². The molecule has 53 heavy (non-hydrogen) atoms. The van der Waals surface area contributed by atoms with Crippen LogP contribution in [0.2, 0.25) is 0 Å². The molecule has 0 unspecified atom stereocenters. The number of nitrogens with zero attached hydrogens (tertiary/aromatic N) is 1. The topological polar surface area (TPSA) is 12.5 Å². The van der Waals surface area contributed by atoms with E-state index in [2.05, 4.69) is 150 Å². The third kappa shape index (κ3) is 4.22. The minimum absolute atomic E-state index is 0.0319. The van der Waals surface area contributed by atoms with Crippen LogP contribution in [0.25, 0.3) is 11.1 Å². The second-order valence-corrected chi connectivity index (χ2v) is 19.6. The van der Waals surface area contributed by atoms with Crippen LogP contribution >= 0.6 is 0 Å². The fraction of sp³-hybridized carbons (Fsp3) is 0.412. The van der Waals surface area contributed by atoms with Crippen molar-refractivity contribution in [3.8, 4) is 22.6 Å². The summed E-state index contributed by atoms with van der Waals surface area (Å²) in [6.45, 7) is 14.7. The Bertz CT molecular complexity index is 2310. The van der Waals surface area contributed by atoms with E-state index in [1.165, 1.54) is 107 Å². The lowest BCUT2D eigenvalue weighted by atomic mass is 9.41. The van der Waals surface area contributed by atoms with Crippen molar-refractivity contribution in [1.82, 2.24) is 0 Å². The average Bonchev–Trinajstić information content (AvgIpc) is 3.37. The van der Waals surface area contributed by atoms with E-state index in [1.807, 2.05) is 0 Å². The smallest absolute Gasteiger partial charge is 0.133 e. The molecule has 2 nitrogen and oxygen atoms in total. The summed E-state index contributed by atoms with van der Waals surface area (Å²) in [5, 5.41) is 0. The lowest BCUT2D eigenvalue weighted by Gasteiger charge is -2.63. The molecule has 2 heteroatoms. The molecule has 5 aromatic carbocycles. The molecule has 0 saturated heterocycles. The molecule has 0 radical (unpaired) electrons. The van der Waals surface area contributed by atoms with Crippen LogP contribution in [0.5, 0.6) is 11.5 Å². The first-order chi connectivity index (χ1) is 25.5. The van der Waals surface area contributed by atoms with E-state index < -0.39 is 0 Å². The second-order valence-electron chi connectivity index (χ2n) is 19.6. The average molecular weight is 696 g/mol. The minimum Gasteiger partial charge on any atom is -0.457 e. The molecule has 4 bridgehead atoms. The molecular weight excluding hydrogens is 643 g/mol. The van der Waals surface area contributed by atoms with Crippen LogP contribution in [0.1, 0.15) is 120 Å². The minimum atomic E-state index is -0.0915. The van der Waals surface area contributed by atoms with E-state index in [0.717, 1.165) is 23.3 Å². The van der Waals surface area contributed by atoms with Crippen LogP contribution in [0, 0.1) is 23.7 Å². The van der Waals surface area contributed by atoms with Gasteiger partial charge in [0.2, 0.25) is 0 Å². The summed E-state index contributed by atoms with van der Waals surface area (Å²) >= 11 is 0. The van der Waals surface area contributed by atoms with Gasteiger partial charge < -0.3 is 9.64 Å². The summed E-state index contributed by atoms with van der Waals surface area (Å²) in [7, 11) is 0. The lowest BCUT2D eigenvalue weighted by molar-refractivity contribution is -0.0449. The number of para-hydroxylation sites is 1. The standard InChI is InChI=1S/C51H53NO/c1-48(2)23-24-49(3,4)46-40(48)16-11-17-42(46)52(35-21-22-37-36-13-7-8-14-38(36)50(5,6)41(37)30-35)43-18-12-20-45-47(43)51(39-15-9-10-19-44(39)53-45)33-26-31-25-32(28-33)29-34(51)27-31/h7-22,30-34H,23-29H2,1-6H3. The van der Waals surface area contributed by atoms with Crippen LogP contribution in [-0.4, -0.2) is 0 Å². The maximum Gasteiger partial charge on any atom is 0.133 e. The Morgan fingerprint density at radius 1 is 0.509 bits per heavy atom. The highest BCUT2D eigenvalue weighted by Crippen LogP contribution is 2.70. The number of hydrogen-bond donors (Lipinski definition) is 0. The molecule has 6 aliphatic carbocycles. The zero-order valence-corrected chi connectivity index (χ0v) is 32.4. The quantitative estimate of drug-likeness (QED) is 0.186. The van der Waals surface area contributed by atoms with Crippen molar-refractivity contribution in [3.05, 3.63) is 137 Å². The first-order valence-corrected chi connectivity index (χ1v) is 20.6. The molecule has 0 amide bonds. The van der Waals surface area contributed by atoms with Crippen LogP contribution in [-0.2, 0) is 21.7 Å². The van der Waals surface area contributed by atoms with Gasteiger partial charge in [-0.15, -0.1) is 0 Å². The number of rotatable bonds is 3. The summed E-state index contributed by atoms with van der Waals surface area (Å²) in [6.07, 6.45) is 9.15. The van der Waals surface area contributed by atoms with Gasteiger partial charge in [-0.2, -0.15) is 0 Å². The first-order valence-electron chi connectivity index (χ1n) is 20.6. The van der Waals surface area contributed by atoms with Gasteiger partial charge in [-0.1, -0.05) is 108 Å². The SMILES string of the molecule is CC1(C)CCC(C)(C)c2c(N(c3ccc4c(c3)C(C)(C)c3ccccc3-4)c3cccc4c3C3(c5ccccc5O4)C4CC5CC(C4)CC3C5)cccc21. The molecule has 1 aliphatic heterocycles. The molecule has 12 rings (SSSR count). The fourth-order valence-electron chi connectivity index (χ4n) is 13.3. The van der Waals surface area contributed by atoms with E-state index in [4.69, 9.17) is 4.74 Å². The maximum absolute atomic E-state index is 7.08. The molecule has 4 saturated carbocycles. The van der Waals surface area contributed by atoms with E-state index in [9.17, 15) is 0 Å². The molecule has 5 aromatic rings. The van der Waals surface area contributed by atoms with E-state index in [1.54, 1.807) is 0 Å². The zero-order chi connectivity index (χ0) is 36.1. The molecule has 1 spiro atoms. The van der Waals surface area contributed by atoms with Crippen molar-refractivity contribution in [1.29, 1.82) is 0 Å². The van der Waals surface area contributed by atoms with E-state index in [0.29, 0.717) is 11.8 Å². The van der Waals surface area contributed by atoms with Crippen molar-refractivity contribution < 1.29 is 4.74 Å². The van der Waals surface area contributed by atoms with Gasteiger partial charge in [0.05, 0.1) is 11.4 Å². The number of ether oxygens (including phenoxy) is 1. The molecular formula is C51H53NO. The Morgan fingerprint density at radius 3 is 1.85 bits per heavy atom. The largest absolute Gasteiger partial charge is 0.457 e. The van der Waals surface area contributed by atoms with Gasteiger partial charge in [-0.3, -0.25) is 0 Å². The maximum atomic E-state index is 7.08. The van der Waals surface area contributed by atoms with Crippen molar-refractivity contribution in [2.75, 3.05) is 4.90 Å². The Labute approximate surface area is 316 Å². The number of fused-ring (bicyclic) bond motifs is 6. The number of benzene rings is 5. The highest BCUT2D eigenvalue weighted by atomic mass is 16.5. The third-order valence-electron chi connectivity index (χ3n) is 15.5. The fourth-order valence-corrected chi connectivity index (χ4v) is 13.3. The van der Waals surface area contributed by atoms with Crippen molar-refractivity contribution in [2.24, 2.45) is 23.7 Å². The Hall–Kier alpha value is -4.30. The first kappa shape index (κ1) is 32.2. The Kier molecular flexibility index (Phi) is 6.48. The number of hydrogen-bond acceptors (Lipinski definition) is 2. The molecule has 1 heterocycles. The highest BCUT2D eigenvalue weighted by molar-refractivity contribution is 5.89. The normalized spacial score (nSPS) is 28.3. The summed E-state index contributed by atoms with van der Waals surface area (Å²) in [5.74, 6) is 5.13. The third-order valence-corrected chi connectivity index (χ3v) is 15.5. The molecule has 4 fully saturated rings. The predicted octanol–water partition coefficient (Wildman–Crippen LogP) is 13.7. The zero-order valence-electron chi connectivity index (χ0n) is 32.4. The molecule has 7 aliphatic rings. The van der Waals surface area contributed by atoms with Crippen LogP contribution in [0.15, 0.2) is 103 Å². The number of anilines is 3. The lowest BCUT2D eigenvalue weighted by Crippen LogP contribution is -2.57. The molecule has 0 aromatic heterocycles. The summed E-state index contributed by atoms with van der Waals surface area (Å²) in [5.41, 5.74) is 15.4. The van der Waals surface area contributed by atoms with Crippen LogP contribution in [0.3, 0.4) is 0 Å². The van der Waals surface area contributed by atoms with Gasteiger partial charge in [0, 0.05) is 27.6 Å². The van der Waals surface area contributed by atoms with Crippen LogP contribution < -0.4 is 9.64 Å². The monoisotopic (exact) mass is 695 g/mol. The molecule has 0 N–H and O–H groups in total. The van der Waals surface area contributed by atoms with Crippen molar-refractivity contribution >= 4 is 17.1 Å². The van der Waals surface area contributed by atoms with Gasteiger partial charge in [0.1, 0.15) is 11.5 Å². The summed E-state index contributed by atoms with van der Waals surface area (Å²) in [4.78, 5) is 2.71.